The predicted molar refractivity (Wildman–Crippen MR) is 84.7 cm³/mol. The molecular formula is C17H20N2O4. The van der Waals surface area contributed by atoms with E-state index in [4.69, 9.17) is 14.6 Å². The molecule has 1 aromatic heterocycles. The van der Waals surface area contributed by atoms with Crippen molar-refractivity contribution in [2.45, 2.75) is 20.5 Å². The van der Waals surface area contributed by atoms with Crippen molar-refractivity contribution in [2.24, 2.45) is 5.41 Å². The molecule has 0 saturated heterocycles. The van der Waals surface area contributed by atoms with E-state index in [1.165, 1.54) is 7.11 Å². The fourth-order valence-corrected chi connectivity index (χ4v) is 1.91. The van der Waals surface area contributed by atoms with Crippen LogP contribution >= 0.6 is 0 Å². The summed E-state index contributed by atoms with van der Waals surface area (Å²) < 4.78 is 10.4. The van der Waals surface area contributed by atoms with Crippen LogP contribution < -0.4 is 4.74 Å². The van der Waals surface area contributed by atoms with Crippen LogP contribution in [0.3, 0.4) is 0 Å². The van der Waals surface area contributed by atoms with E-state index in [2.05, 4.69) is 9.97 Å². The van der Waals surface area contributed by atoms with E-state index >= 15 is 0 Å². The number of aliphatic hydroxyl groups is 1. The number of carbonyl (C=O) groups excluding carboxylic acids is 1. The maximum absolute atomic E-state index is 11.6. The molecule has 0 amide bonds. The summed E-state index contributed by atoms with van der Waals surface area (Å²) in [5, 5.41) is 8.97. The normalized spacial score (nSPS) is 11.1. The second kappa shape index (κ2) is 7.19. The zero-order valence-electron chi connectivity index (χ0n) is 13.4. The van der Waals surface area contributed by atoms with Crippen LogP contribution in [0.5, 0.6) is 5.75 Å². The third-order valence-electron chi connectivity index (χ3n) is 3.36. The highest BCUT2D eigenvalue weighted by molar-refractivity contribution is 5.75. The van der Waals surface area contributed by atoms with Gasteiger partial charge in [0.15, 0.2) is 0 Å². The Balaban J connectivity index is 2.03. The van der Waals surface area contributed by atoms with Crippen LogP contribution in [0.1, 0.15) is 19.5 Å². The third kappa shape index (κ3) is 4.26. The number of hydrogen-bond donors (Lipinski definition) is 1. The smallest absolute Gasteiger partial charge is 0.314 e. The molecule has 1 heterocycles. The third-order valence-corrected chi connectivity index (χ3v) is 3.36. The largest absolute Gasteiger partial charge is 0.492 e. The second-order valence-electron chi connectivity index (χ2n) is 5.74. The van der Waals surface area contributed by atoms with Crippen molar-refractivity contribution >= 4 is 5.97 Å². The molecule has 0 saturated carbocycles. The van der Waals surface area contributed by atoms with E-state index in [-0.39, 0.29) is 19.2 Å². The van der Waals surface area contributed by atoms with Crippen molar-refractivity contribution in [1.29, 1.82) is 0 Å². The number of carbonyl (C=O) groups is 1. The zero-order valence-corrected chi connectivity index (χ0v) is 13.4. The van der Waals surface area contributed by atoms with Crippen LogP contribution in [-0.2, 0) is 16.1 Å². The number of ether oxygens (including phenoxy) is 2. The Hall–Kier alpha value is -2.47. The quantitative estimate of drug-likeness (QED) is 0.823. The molecule has 0 spiro atoms. The van der Waals surface area contributed by atoms with Gasteiger partial charge in [0.05, 0.1) is 42.9 Å². The minimum Gasteiger partial charge on any atom is -0.492 e. The first-order valence-electron chi connectivity index (χ1n) is 7.19. The first-order chi connectivity index (χ1) is 11.0. The molecule has 23 heavy (non-hydrogen) atoms. The molecule has 0 unspecified atom stereocenters. The summed E-state index contributed by atoms with van der Waals surface area (Å²) in [5.74, 6) is 0.346. The number of aromatic nitrogens is 2. The van der Waals surface area contributed by atoms with Crippen molar-refractivity contribution in [1.82, 2.24) is 9.97 Å². The Kier molecular flexibility index (Phi) is 5.28. The Morgan fingerprint density at radius 2 is 1.87 bits per heavy atom. The lowest BCUT2D eigenvalue weighted by Crippen LogP contribution is -2.32. The van der Waals surface area contributed by atoms with Gasteiger partial charge >= 0.3 is 5.97 Å². The fraction of sp³-hybridized carbons (Fsp3) is 0.353. The van der Waals surface area contributed by atoms with Gasteiger partial charge in [-0.05, 0) is 38.1 Å². The van der Waals surface area contributed by atoms with Gasteiger partial charge in [0, 0.05) is 5.56 Å². The van der Waals surface area contributed by atoms with Gasteiger partial charge < -0.3 is 14.6 Å². The monoisotopic (exact) mass is 316 g/mol. The Morgan fingerprint density at radius 1 is 1.17 bits per heavy atom. The number of methoxy groups -OCH3 is 1. The molecule has 0 fully saturated rings. The van der Waals surface area contributed by atoms with Gasteiger partial charge in [0.2, 0.25) is 0 Å². The van der Waals surface area contributed by atoms with Crippen LogP contribution in [0.4, 0.5) is 0 Å². The van der Waals surface area contributed by atoms with E-state index in [0.717, 1.165) is 5.56 Å². The lowest BCUT2D eigenvalue weighted by Gasteiger charge is -2.21. The van der Waals surface area contributed by atoms with Crippen LogP contribution in [0.2, 0.25) is 0 Å². The summed E-state index contributed by atoms with van der Waals surface area (Å²) in [5.41, 5.74) is 1.42. The molecule has 1 aromatic carbocycles. The SMILES string of the molecule is COC(=O)C(C)(C)COc1ccc(-c2cnc(CO)cn2)cc1. The Morgan fingerprint density at radius 3 is 2.39 bits per heavy atom. The lowest BCUT2D eigenvalue weighted by atomic mass is 9.95. The maximum Gasteiger partial charge on any atom is 0.314 e. The number of esters is 1. The van der Waals surface area contributed by atoms with E-state index < -0.39 is 5.41 Å². The van der Waals surface area contributed by atoms with Gasteiger partial charge in [-0.15, -0.1) is 0 Å². The molecule has 0 atom stereocenters. The second-order valence-corrected chi connectivity index (χ2v) is 5.74. The zero-order chi connectivity index (χ0) is 16.9. The minimum absolute atomic E-state index is 0.129. The van der Waals surface area contributed by atoms with Crippen molar-refractivity contribution in [3.05, 3.63) is 42.4 Å². The molecule has 6 nitrogen and oxygen atoms in total. The molecule has 2 aromatic rings. The molecule has 0 bridgehead atoms. The van der Waals surface area contributed by atoms with Gasteiger partial charge in [-0.1, -0.05) is 0 Å². The van der Waals surface area contributed by atoms with Gasteiger partial charge in [-0.25, -0.2) is 0 Å². The first kappa shape index (κ1) is 16.9. The highest BCUT2D eigenvalue weighted by atomic mass is 16.5. The summed E-state index contributed by atoms with van der Waals surface area (Å²) in [6.45, 7) is 3.64. The molecule has 0 aliphatic heterocycles. The van der Waals surface area contributed by atoms with Crippen LogP contribution in [-0.4, -0.2) is 34.8 Å². The molecule has 6 heteroatoms. The Bertz CT molecular complexity index is 651. The van der Waals surface area contributed by atoms with Gasteiger partial charge in [0.25, 0.3) is 0 Å². The topological polar surface area (TPSA) is 81.5 Å². The minimum atomic E-state index is -0.709. The number of hydrogen-bond acceptors (Lipinski definition) is 6. The van der Waals surface area contributed by atoms with E-state index in [1.807, 2.05) is 24.3 Å². The molecular weight excluding hydrogens is 296 g/mol. The Labute approximate surface area is 135 Å². The molecule has 2 rings (SSSR count). The summed E-state index contributed by atoms with van der Waals surface area (Å²) in [7, 11) is 1.36. The van der Waals surface area contributed by atoms with Gasteiger partial charge in [-0.3, -0.25) is 14.8 Å². The first-order valence-corrected chi connectivity index (χ1v) is 7.19. The highest BCUT2D eigenvalue weighted by Crippen LogP contribution is 2.23. The van der Waals surface area contributed by atoms with Crippen LogP contribution in [0.15, 0.2) is 36.7 Å². The van der Waals surface area contributed by atoms with E-state index in [1.54, 1.807) is 26.2 Å². The molecule has 122 valence electrons. The number of benzene rings is 1. The maximum atomic E-state index is 11.6. The summed E-state index contributed by atoms with van der Waals surface area (Å²) >= 11 is 0. The van der Waals surface area contributed by atoms with E-state index in [9.17, 15) is 4.79 Å². The fourth-order valence-electron chi connectivity index (χ4n) is 1.91. The predicted octanol–water partition coefficient (Wildman–Crippen LogP) is 2.21. The number of rotatable bonds is 6. The lowest BCUT2D eigenvalue weighted by molar-refractivity contribution is -0.152. The van der Waals surface area contributed by atoms with Gasteiger partial charge in [0.1, 0.15) is 12.4 Å². The van der Waals surface area contributed by atoms with E-state index in [0.29, 0.717) is 17.1 Å². The molecule has 0 aliphatic carbocycles. The number of aliphatic hydroxyl groups excluding tert-OH is 1. The van der Waals surface area contributed by atoms with Crippen LogP contribution in [0, 0.1) is 5.41 Å². The average Bonchev–Trinajstić information content (AvgIpc) is 2.60. The standard InChI is InChI=1S/C17H20N2O4/c1-17(2,16(21)22-3)11-23-14-6-4-12(5-7-14)15-9-18-13(10-20)8-19-15/h4-9,20H,10-11H2,1-3H3. The molecule has 0 aliphatic rings. The van der Waals surface area contributed by atoms with Crippen molar-refractivity contribution in [2.75, 3.05) is 13.7 Å². The van der Waals surface area contributed by atoms with Gasteiger partial charge in [-0.2, -0.15) is 0 Å². The molecule has 1 N–H and O–H groups in total. The van der Waals surface area contributed by atoms with Crippen molar-refractivity contribution < 1.29 is 19.4 Å². The van der Waals surface area contributed by atoms with Crippen molar-refractivity contribution in [3.63, 3.8) is 0 Å². The average molecular weight is 316 g/mol. The highest BCUT2D eigenvalue weighted by Gasteiger charge is 2.29. The summed E-state index contributed by atoms with van der Waals surface area (Å²) in [6, 6.07) is 7.35. The summed E-state index contributed by atoms with van der Waals surface area (Å²) in [6.07, 6.45) is 3.15. The van der Waals surface area contributed by atoms with Crippen LogP contribution in [0.25, 0.3) is 11.3 Å². The van der Waals surface area contributed by atoms with Crippen molar-refractivity contribution in [3.8, 4) is 17.0 Å². The summed E-state index contributed by atoms with van der Waals surface area (Å²) in [4.78, 5) is 20.0. The molecule has 0 radical (unpaired) electrons. The number of nitrogens with zero attached hydrogens (tertiary/aromatic N) is 2.